The van der Waals surface area contributed by atoms with E-state index in [0.717, 1.165) is 0 Å². The van der Waals surface area contributed by atoms with Crippen molar-refractivity contribution in [3.8, 4) is 0 Å². The number of carbonyl (C=O) groups is 2. The lowest BCUT2D eigenvalue weighted by Crippen LogP contribution is -2.21. The fourth-order valence-electron chi connectivity index (χ4n) is 1.00. The summed E-state index contributed by atoms with van der Waals surface area (Å²) in [5.41, 5.74) is 0.529. The molecule has 0 rings (SSSR count). The van der Waals surface area contributed by atoms with Gasteiger partial charge in [-0.25, -0.2) is 9.59 Å². The summed E-state index contributed by atoms with van der Waals surface area (Å²) >= 11 is 0. The lowest BCUT2D eigenvalue weighted by atomic mass is 10.3. The van der Waals surface area contributed by atoms with Gasteiger partial charge in [-0.2, -0.15) is 0 Å². The van der Waals surface area contributed by atoms with E-state index in [4.69, 9.17) is 18.5 Å². The second-order valence-corrected chi connectivity index (χ2v) is 5.77. The van der Waals surface area contributed by atoms with Crippen LogP contribution in [0.25, 0.3) is 0 Å². The van der Waals surface area contributed by atoms with Gasteiger partial charge in [0, 0.05) is 15.7 Å². The van der Waals surface area contributed by atoms with E-state index in [2.05, 4.69) is 13.2 Å². The molecule has 0 amide bonds. The van der Waals surface area contributed by atoms with Crippen molar-refractivity contribution in [2.24, 2.45) is 0 Å². The van der Waals surface area contributed by atoms with E-state index in [1.165, 1.54) is 13.8 Å². The van der Waals surface area contributed by atoms with Crippen LogP contribution in [0, 0.1) is 0 Å². The fraction of sp³-hybridized carbons (Fsp3) is 0.571. The Morgan fingerprint density at radius 3 is 1.50 bits per heavy atom. The van der Waals surface area contributed by atoms with Crippen LogP contribution >= 0.6 is 8.25 Å². The summed E-state index contributed by atoms with van der Waals surface area (Å²) in [6.07, 6.45) is -1.18. The fourth-order valence-corrected chi connectivity index (χ4v) is 1.74. The average molecular weight is 333 g/mol. The van der Waals surface area contributed by atoms with Crippen LogP contribution in [-0.4, -0.2) is 37.4 Å². The van der Waals surface area contributed by atoms with Crippen LogP contribution in [0.5, 0.6) is 0 Å². The van der Waals surface area contributed by atoms with Gasteiger partial charge in [0.15, 0.2) is 0 Å². The van der Waals surface area contributed by atoms with Gasteiger partial charge in [-0.1, -0.05) is 13.2 Å². The van der Waals surface area contributed by atoms with Gasteiger partial charge in [0.2, 0.25) is 0 Å². The molecule has 0 fully saturated rings. The van der Waals surface area contributed by atoms with E-state index < -0.39 is 32.4 Å². The molecule has 0 heterocycles. The van der Waals surface area contributed by atoms with Gasteiger partial charge in [0.05, 0.1) is 0 Å². The Hall–Kier alpha value is -1.56. The van der Waals surface area contributed by atoms with Crippen molar-refractivity contribution in [3.05, 3.63) is 24.3 Å². The maximum Gasteiger partial charge on any atom is 0.697 e. The van der Waals surface area contributed by atoms with Gasteiger partial charge < -0.3 is 9.47 Å². The molecule has 0 saturated carbocycles. The zero-order chi connectivity index (χ0) is 17.3. The first-order valence-electron chi connectivity index (χ1n) is 6.59. The van der Waals surface area contributed by atoms with Gasteiger partial charge in [0.25, 0.3) is 0 Å². The van der Waals surface area contributed by atoms with Gasteiger partial charge >= 0.3 is 20.2 Å². The van der Waals surface area contributed by atoms with E-state index in [1.54, 1.807) is 13.8 Å². The zero-order valence-corrected chi connectivity index (χ0v) is 14.2. The third kappa shape index (κ3) is 9.39. The smallest absolute Gasteiger partial charge is 0.457 e. The van der Waals surface area contributed by atoms with Gasteiger partial charge in [-0.15, -0.1) is 9.05 Å². The van der Waals surface area contributed by atoms with Crippen molar-refractivity contribution in [1.82, 2.24) is 0 Å². The minimum atomic E-state index is -2.40. The molecule has 2 atom stereocenters. The molecule has 0 radical (unpaired) electrons. The third-order valence-corrected chi connectivity index (χ3v) is 2.86. The van der Waals surface area contributed by atoms with Gasteiger partial charge in [0.1, 0.15) is 25.4 Å². The Bertz CT molecular complexity index is 418. The number of hydrogen-bond donors (Lipinski definition) is 0. The molecule has 7 nitrogen and oxygen atoms in total. The topological polar surface area (TPSA) is 88.1 Å². The highest BCUT2D eigenvalue weighted by Gasteiger charge is 2.25. The van der Waals surface area contributed by atoms with Crippen molar-refractivity contribution in [1.29, 1.82) is 0 Å². The molecule has 124 valence electrons. The Morgan fingerprint density at radius 1 is 0.909 bits per heavy atom. The van der Waals surface area contributed by atoms with E-state index in [0.29, 0.717) is 0 Å². The standard InChI is InChI=1S/C14H22O7P/c1-9(2)13(15)20-11(5)7-18-22(17)19-8-12(6)21-14(16)10(3)4/h11-12H,1,3,7-8H2,2,4-6H3/q+1. The van der Waals surface area contributed by atoms with E-state index >= 15 is 0 Å². The Morgan fingerprint density at radius 2 is 1.23 bits per heavy atom. The first-order valence-corrected chi connectivity index (χ1v) is 7.69. The highest BCUT2D eigenvalue weighted by molar-refractivity contribution is 7.33. The molecule has 22 heavy (non-hydrogen) atoms. The molecule has 0 aromatic rings. The Labute approximate surface area is 131 Å². The van der Waals surface area contributed by atoms with Crippen molar-refractivity contribution < 1.29 is 32.7 Å². The second kappa shape index (κ2) is 10.2. The predicted molar refractivity (Wildman–Crippen MR) is 80.2 cm³/mol. The zero-order valence-electron chi connectivity index (χ0n) is 13.3. The number of hydrogen-bond acceptors (Lipinski definition) is 7. The van der Waals surface area contributed by atoms with Crippen LogP contribution in [0.3, 0.4) is 0 Å². The first kappa shape index (κ1) is 20.4. The number of rotatable bonds is 10. The molecule has 0 bridgehead atoms. The number of carbonyl (C=O) groups excluding carboxylic acids is 2. The molecular weight excluding hydrogens is 311 g/mol. The van der Waals surface area contributed by atoms with Crippen LogP contribution in [-0.2, 0) is 32.7 Å². The van der Waals surface area contributed by atoms with Crippen molar-refractivity contribution in [2.75, 3.05) is 13.2 Å². The molecule has 2 unspecified atom stereocenters. The summed E-state index contributed by atoms with van der Waals surface area (Å²) in [6.45, 7) is 12.9. The molecular formula is C14H22O7P+. The quantitative estimate of drug-likeness (QED) is 0.345. The van der Waals surface area contributed by atoms with Crippen molar-refractivity contribution in [2.45, 2.75) is 39.9 Å². The van der Waals surface area contributed by atoms with E-state index in [-0.39, 0.29) is 24.4 Å². The summed E-state index contributed by atoms with van der Waals surface area (Å²) in [4.78, 5) is 22.5. The molecule has 0 saturated heterocycles. The van der Waals surface area contributed by atoms with Crippen LogP contribution in [0.15, 0.2) is 24.3 Å². The lowest BCUT2D eigenvalue weighted by molar-refractivity contribution is -0.145. The summed E-state index contributed by atoms with van der Waals surface area (Å²) in [5, 5.41) is 0. The Kier molecular flexibility index (Phi) is 9.49. The highest BCUT2D eigenvalue weighted by atomic mass is 31.1. The maximum atomic E-state index is 11.5. The minimum absolute atomic E-state index is 0.0891. The summed E-state index contributed by atoms with van der Waals surface area (Å²) in [5.74, 6) is -1.10. The van der Waals surface area contributed by atoms with Crippen molar-refractivity contribution >= 4 is 20.2 Å². The largest absolute Gasteiger partial charge is 0.697 e. The molecule has 0 aromatic heterocycles. The van der Waals surface area contributed by atoms with Crippen LogP contribution in [0.2, 0.25) is 0 Å². The van der Waals surface area contributed by atoms with Gasteiger partial charge in [-0.05, 0) is 27.7 Å². The highest BCUT2D eigenvalue weighted by Crippen LogP contribution is 2.24. The van der Waals surface area contributed by atoms with Crippen LogP contribution in [0.1, 0.15) is 27.7 Å². The maximum absolute atomic E-state index is 11.5. The average Bonchev–Trinajstić information content (AvgIpc) is 2.42. The first-order chi connectivity index (χ1) is 10.1. The number of esters is 2. The molecule has 0 aromatic carbocycles. The predicted octanol–water partition coefficient (Wildman–Crippen LogP) is 2.69. The molecule has 0 aliphatic rings. The molecule has 0 aliphatic heterocycles. The molecule has 8 heteroatoms. The molecule has 0 N–H and O–H groups in total. The number of ether oxygens (including phenoxy) is 2. The SMILES string of the molecule is C=C(C)C(=O)OC(C)CO[P+](=O)OCC(C)OC(=O)C(=C)C. The summed E-state index contributed by atoms with van der Waals surface area (Å²) < 4.78 is 31.2. The Balaban J connectivity index is 3.95. The van der Waals surface area contributed by atoms with E-state index in [1.807, 2.05) is 0 Å². The van der Waals surface area contributed by atoms with Crippen molar-refractivity contribution in [3.63, 3.8) is 0 Å². The monoisotopic (exact) mass is 333 g/mol. The minimum Gasteiger partial charge on any atom is -0.457 e. The van der Waals surface area contributed by atoms with Crippen LogP contribution < -0.4 is 0 Å². The summed E-state index contributed by atoms with van der Waals surface area (Å²) in [7, 11) is -2.40. The lowest BCUT2D eigenvalue weighted by Gasteiger charge is -2.10. The normalized spacial score (nSPS) is 13.7. The van der Waals surface area contributed by atoms with E-state index in [9.17, 15) is 14.2 Å². The third-order valence-electron chi connectivity index (χ3n) is 2.14. The summed E-state index contributed by atoms with van der Waals surface area (Å²) in [6, 6.07) is 0. The second-order valence-electron chi connectivity index (χ2n) is 4.81. The van der Waals surface area contributed by atoms with Gasteiger partial charge in [-0.3, -0.25) is 0 Å². The van der Waals surface area contributed by atoms with Crippen LogP contribution in [0.4, 0.5) is 0 Å². The molecule has 0 aliphatic carbocycles. The molecule has 0 spiro atoms.